The van der Waals surface area contributed by atoms with Crippen LogP contribution in [0.5, 0.6) is 0 Å². The average molecular weight is 391 g/mol. The molecule has 1 atom stereocenters. The van der Waals surface area contributed by atoms with E-state index in [-0.39, 0.29) is 17.9 Å². The molecule has 1 aromatic rings. The minimum atomic E-state index is -0.0288. The zero-order valence-corrected chi connectivity index (χ0v) is 16.0. The number of carbonyl (C=O) groups excluding carboxylic acids is 2. The van der Waals surface area contributed by atoms with E-state index in [9.17, 15) is 9.59 Å². The molecule has 0 radical (unpaired) electrons. The molecule has 24 heavy (non-hydrogen) atoms. The van der Waals surface area contributed by atoms with E-state index in [1.807, 2.05) is 6.92 Å². The molecule has 0 spiro atoms. The zero-order chi connectivity index (χ0) is 17.2. The van der Waals surface area contributed by atoms with Crippen molar-refractivity contribution in [3.8, 4) is 0 Å². The van der Waals surface area contributed by atoms with Crippen LogP contribution in [-0.4, -0.2) is 59.3 Å². The van der Waals surface area contributed by atoms with Gasteiger partial charge in [0.25, 0.3) is 0 Å². The van der Waals surface area contributed by atoms with Gasteiger partial charge in [-0.25, -0.2) is 0 Å². The van der Waals surface area contributed by atoms with Gasteiger partial charge in [0.2, 0.25) is 11.8 Å². The summed E-state index contributed by atoms with van der Waals surface area (Å²) in [6.07, 6.45) is 3.15. The molecule has 0 aliphatic carbocycles. The topological polar surface area (TPSA) is 93.2 Å². The van der Waals surface area contributed by atoms with E-state index in [1.165, 1.54) is 34.9 Å². The van der Waals surface area contributed by atoms with Gasteiger partial charge in [-0.2, -0.15) is 0 Å². The molecule has 1 aromatic heterocycles. The first kappa shape index (κ1) is 19.5. The molecule has 134 valence electrons. The molecule has 0 bridgehead atoms. The van der Waals surface area contributed by atoms with Gasteiger partial charge in [-0.3, -0.25) is 9.59 Å². The number of aromatic nitrogens is 2. The van der Waals surface area contributed by atoms with Crippen LogP contribution in [0.4, 0.5) is 0 Å². The van der Waals surface area contributed by atoms with Crippen LogP contribution in [-0.2, 0) is 14.3 Å². The SMILES string of the molecule is CCCNC(=O)CSc1nnc(SCC(=O)NC[C@H]2CCCO2)s1. The number of nitrogens with one attached hydrogen (secondary N) is 2. The highest BCUT2D eigenvalue weighted by atomic mass is 32.2. The van der Waals surface area contributed by atoms with Gasteiger partial charge in [-0.15, -0.1) is 10.2 Å². The van der Waals surface area contributed by atoms with E-state index in [4.69, 9.17) is 4.74 Å². The summed E-state index contributed by atoms with van der Waals surface area (Å²) < 4.78 is 6.94. The van der Waals surface area contributed by atoms with E-state index in [0.717, 1.165) is 34.5 Å². The number of amides is 2. The molecule has 1 fully saturated rings. The molecule has 1 saturated heterocycles. The molecule has 1 aliphatic rings. The van der Waals surface area contributed by atoms with Gasteiger partial charge >= 0.3 is 0 Å². The Kier molecular flexibility index (Phi) is 8.86. The van der Waals surface area contributed by atoms with Crippen LogP contribution in [0.1, 0.15) is 26.2 Å². The lowest BCUT2D eigenvalue weighted by Gasteiger charge is -2.09. The number of carbonyl (C=O) groups is 2. The Labute approximate surface area is 154 Å². The number of hydrogen-bond donors (Lipinski definition) is 2. The van der Waals surface area contributed by atoms with Crippen molar-refractivity contribution in [3.63, 3.8) is 0 Å². The number of ether oxygens (including phenoxy) is 1. The van der Waals surface area contributed by atoms with Crippen LogP contribution in [0, 0.1) is 0 Å². The molecule has 2 amide bonds. The lowest BCUT2D eigenvalue weighted by Crippen LogP contribution is -2.32. The van der Waals surface area contributed by atoms with Gasteiger partial charge in [0, 0.05) is 19.7 Å². The Balaban J connectivity index is 1.61. The molecule has 2 N–H and O–H groups in total. The summed E-state index contributed by atoms with van der Waals surface area (Å²) in [6, 6.07) is 0. The molecule has 7 nitrogen and oxygen atoms in total. The Morgan fingerprint density at radius 2 is 1.88 bits per heavy atom. The largest absolute Gasteiger partial charge is 0.376 e. The molecule has 0 unspecified atom stereocenters. The first-order valence-electron chi connectivity index (χ1n) is 7.91. The maximum Gasteiger partial charge on any atom is 0.230 e. The molecule has 0 saturated carbocycles. The molecule has 1 aliphatic heterocycles. The first-order chi connectivity index (χ1) is 11.7. The van der Waals surface area contributed by atoms with Gasteiger partial charge < -0.3 is 15.4 Å². The lowest BCUT2D eigenvalue weighted by molar-refractivity contribution is -0.119. The van der Waals surface area contributed by atoms with Crippen LogP contribution in [0.2, 0.25) is 0 Å². The van der Waals surface area contributed by atoms with Crippen molar-refractivity contribution in [2.24, 2.45) is 0 Å². The van der Waals surface area contributed by atoms with E-state index >= 15 is 0 Å². The van der Waals surface area contributed by atoms with Gasteiger partial charge in [-0.05, 0) is 19.3 Å². The van der Waals surface area contributed by atoms with Gasteiger partial charge in [0.05, 0.1) is 17.6 Å². The summed E-state index contributed by atoms with van der Waals surface area (Å²) in [5.74, 6) is 0.614. The quantitative estimate of drug-likeness (QED) is 0.585. The lowest BCUT2D eigenvalue weighted by atomic mass is 10.2. The van der Waals surface area contributed by atoms with Crippen molar-refractivity contribution in [3.05, 3.63) is 0 Å². The van der Waals surface area contributed by atoms with Crippen LogP contribution in [0.25, 0.3) is 0 Å². The maximum absolute atomic E-state index is 11.8. The van der Waals surface area contributed by atoms with Gasteiger partial charge in [0.15, 0.2) is 8.68 Å². The van der Waals surface area contributed by atoms with Crippen molar-refractivity contribution in [1.29, 1.82) is 0 Å². The standard InChI is InChI=1S/C14H22N4O3S3/c1-2-5-15-11(19)8-22-13-17-18-14(24-13)23-9-12(20)16-7-10-4-3-6-21-10/h10H,2-9H2,1H3,(H,15,19)(H,16,20)/t10-/m1/s1. The summed E-state index contributed by atoms with van der Waals surface area (Å²) in [4.78, 5) is 23.3. The second-order valence-electron chi connectivity index (χ2n) is 5.20. The fourth-order valence-corrected chi connectivity index (χ4v) is 4.65. The molecular formula is C14H22N4O3S3. The van der Waals surface area contributed by atoms with Crippen LogP contribution in [0.15, 0.2) is 8.68 Å². The summed E-state index contributed by atoms with van der Waals surface area (Å²) in [5.41, 5.74) is 0. The Hall–Kier alpha value is -0.840. The predicted molar refractivity (Wildman–Crippen MR) is 96.6 cm³/mol. The Morgan fingerprint density at radius 3 is 2.46 bits per heavy atom. The molecular weight excluding hydrogens is 368 g/mol. The fourth-order valence-electron chi connectivity index (χ4n) is 1.97. The van der Waals surface area contributed by atoms with Crippen molar-refractivity contribution < 1.29 is 14.3 Å². The Bertz CT molecular complexity index is 535. The summed E-state index contributed by atoms with van der Waals surface area (Å²) >= 11 is 4.12. The van der Waals surface area contributed by atoms with Crippen LogP contribution >= 0.6 is 34.9 Å². The smallest absolute Gasteiger partial charge is 0.230 e. The highest BCUT2D eigenvalue weighted by Gasteiger charge is 2.16. The molecule has 2 rings (SSSR count). The average Bonchev–Trinajstić information content (AvgIpc) is 3.26. The van der Waals surface area contributed by atoms with E-state index < -0.39 is 0 Å². The second kappa shape index (κ2) is 10.9. The predicted octanol–water partition coefficient (Wildman–Crippen LogP) is 1.54. The fraction of sp³-hybridized carbons (Fsp3) is 0.714. The van der Waals surface area contributed by atoms with Crippen molar-refractivity contribution in [2.45, 2.75) is 41.0 Å². The van der Waals surface area contributed by atoms with E-state index in [0.29, 0.717) is 24.6 Å². The first-order valence-corrected chi connectivity index (χ1v) is 10.7. The monoisotopic (exact) mass is 390 g/mol. The number of thioether (sulfide) groups is 2. The second-order valence-corrected chi connectivity index (χ2v) is 8.62. The summed E-state index contributed by atoms with van der Waals surface area (Å²) in [7, 11) is 0. The third-order valence-corrected chi connectivity index (χ3v) is 6.35. The zero-order valence-electron chi connectivity index (χ0n) is 13.6. The van der Waals surface area contributed by atoms with Crippen molar-refractivity contribution >= 4 is 46.7 Å². The highest BCUT2D eigenvalue weighted by molar-refractivity contribution is 8.03. The highest BCUT2D eigenvalue weighted by Crippen LogP contribution is 2.28. The summed E-state index contributed by atoms with van der Waals surface area (Å²) in [5, 5.41) is 13.8. The maximum atomic E-state index is 11.8. The molecule has 10 heteroatoms. The molecule has 0 aromatic carbocycles. The van der Waals surface area contributed by atoms with E-state index in [1.54, 1.807) is 0 Å². The number of rotatable bonds is 10. The van der Waals surface area contributed by atoms with Crippen LogP contribution in [0.3, 0.4) is 0 Å². The minimum Gasteiger partial charge on any atom is -0.376 e. The molecule has 2 heterocycles. The summed E-state index contributed by atoms with van der Waals surface area (Å²) in [6.45, 7) is 4.07. The van der Waals surface area contributed by atoms with Crippen LogP contribution < -0.4 is 10.6 Å². The normalized spacial score (nSPS) is 17.0. The number of nitrogens with zero attached hydrogens (tertiary/aromatic N) is 2. The van der Waals surface area contributed by atoms with Crippen molar-refractivity contribution in [1.82, 2.24) is 20.8 Å². The third-order valence-electron chi connectivity index (χ3n) is 3.16. The van der Waals surface area contributed by atoms with Gasteiger partial charge in [0.1, 0.15) is 0 Å². The van der Waals surface area contributed by atoms with Gasteiger partial charge in [-0.1, -0.05) is 41.8 Å². The third kappa shape index (κ3) is 7.37. The van der Waals surface area contributed by atoms with Crippen molar-refractivity contribution in [2.75, 3.05) is 31.2 Å². The number of hydrogen-bond acceptors (Lipinski definition) is 8. The Morgan fingerprint density at radius 1 is 1.21 bits per heavy atom. The minimum absolute atomic E-state index is 0.000220. The van der Waals surface area contributed by atoms with E-state index in [2.05, 4.69) is 20.8 Å².